The summed E-state index contributed by atoms with van der Waals surface area (Å²) in [6, 6.07) is 8.99. The van der Waals surface area contributed by atoms with E-state index in [1.54, 1.807) is 28.0 Å². The van der Waals surface area contributed by atoms with E-state index < -0.39 is 0 Å². The maximum Gasteiger partial charge on any atom is 0.274 e. The predicted molar refractivity (Wildman–Crippen MR) is 114 cm³/mol. The van der Waals surface area contributed by atoms with Crippen LogP contribution >= 0.6 is 0 Å². The van der Waals surface area contributed by atoms with Crippen LogP contribution < -0.4 is 5.56 Å². The van der Waals surface area contributed by atoms with Crippen LogP contribution in [0.3, 0.4) is 0 Å². The van der Waals surface area contributed by atoms with Crippen LogP contribution in [0.15, 0.2) is 41.5 Å². The normalized spacial score (nSPS) is 16.4. The van der Waals surface area contributed by atoms with Crippen molar-refractivity contribution >= 4 is 22.7 Å². The minimum atomic E-state index is -0.225. The summed E-state index contributed by atoms with van der Waals surface area (Å²) in [5.41, 5.74) is 2.00. The fourth-order valence-electron chi connectivity index (χ4n) is 4.31. The van der Waals surface area contributed by atoms with Crippen LogP contribution in [0, 0.1) is 0 Å². The van der Waals surface area contributed by atoms with E-state index in [2.05, 4.69) is 10.1 Å². The van der Waals surface area contributed by atoms with Gasteiger partial charge in [0.1, 0.15) is 6.54 Å². The summed E-state index contributed by atoms with van der Waals surface area (Å²) in [4.78, 5) is 45.9. The Bertz CT molecular complexity index is 1180. The van der Waals surface area contributed by atoms with Gasteiger partial charge in [-0.25, -0.2) is 4.98 Å². The molecule has 1 aromatic carbocycles. The van der Waals surface area contributed by atoms with Gasteiger partial charge in [0.25, 0.3) is 11.5 Å². The Balaban J connectivity index is 1.22. The van der Waals surface area contributed by atoms with Crippen LogP contribution in [0.1, 0.15) is 29.0 Å². The van der Waals surface area contributed by atoms with Crippen molar-refractivity contribution in [1.82, 2.24) is 29.1 Å². The Morgan fingerprint density at radius 1 is 0.968 bits per heavy atom. The molecule has 2 aromatic heterocycles. The van der Waals surface area contributed by atoms with Crippen LogP contribution in [0.5, 0.6) is 0 Å². The van der Waals surface area contributed by atoms with E-state index in [0.29, 0.717) is 42.8 Å². The number of hydrogen-bond acceptors (Lipinski definition) is 5. The second-order valence-corrected chi connectivity index (χ2v) is 8.07. The molecule has 4 heterocycles. The number of fused-ring (bicyclic) bond motifs is 2. The number of aryl methyl sites for hydroxylation is 2. The fraction of sp³-hybridized carbons (Fsp3) is 0.409. The van der Waals surface area contributed by atoms with Crippen molar-refractivity contribution in [2.24, 2.45) is 0 Å². The van der Waals surface area contributed by atoms with Crippen molar-refractivity contribution in [2.45, 2.75) is 32.4 Å². The quantitative estimate of drug-likeness (QED) is 0.628. The Morgan fingerprint density at radius 3 is 2.55 bits per heavy atom. The first kappa shape index (κ1) is 19.5. The summed E-state index contributed by atoms with van der Waals surface area (Å²) in [7, 11) is 0. The summed E-state index contributed by atoms with van der Waals surface area (Å²) < 4.78 is 3.28. The van der Waals surface area contributed by atoms with E-state index in [4.69, 9.17) is 0 Å². The lowest BCUT2D eigenvalue weighted by molar-refractivity contribution is -0.133. The lowest BCUT2D eigenvalue weighted by Gasteiger charge is -2.34. The van der Waals surface area contributed by atoms with Gasteiger partial charge in [-0.05, 0) is 37.5 Å². The molecule has 0 unspecified atom stereocenters. The van der Waals surface area contributed by atoms with Gasteiger partial charge in [0.15, 0.2) is 5.69 Å². The molecular formula is C22H24N6O3. The number of carbonyl (C=O) groups is 2. The van der Waals surface area contributed by atoms with Gasteiger partial charge in [0, 0.05) is 38.4 Å². The van der Waals surface area contributed by atoms with Crippen LogP contribution in [0.4, 0.5) is 0 Å². The van der Waals surface area contributed by atoms with Gasteiger partial charge < -0.3 is 9.80 Å². The third kappa shape index (κ3) is 3.71. The molecule has 2 aliphatic rings. The third-order valence-electron chi connectivity index (χ3n) is 6.09. The summed E-state index contributed by atoms with van der Waals surface area (Å²) in [6.45, 7) is 2.60. The van der Waals surface area contributed by atoms with Gasteiger partial charge in [-0.2, -0.15) is 5.10 Å². The number of amides is 2. The zero-order valence-electron chi connectivity index (χ0n) is 17.2. The van der Waals surface area contributed by atoms with Crippen molar-refractivity contribution in [3.05, 3.63) is 58.4 Å². The highest BCUT2D eigenvalue weighted by Gasteiger charge is 2.27. The number of para-hydroxylation sites is 1. The van der Waals surface area contributed by atoms with E-state index in [9.17, 15) is 14.4 Å². The highest BCUT2D eigenvalue weighted by atomic mass is 16.2. The minimum absolute atomic E-state index is 0.0572. The van der Waals surface area contributed by atoms with E-state index in [-0.39, 0.29) is 23.9 Å². The molecule has 2 amide bonds. The Kier molecular flexibility index (Phi) is 5.01. The number of benzene rings is 1. The summed E-state index contributed by atoms with van der Waals surface area (Å²) >= 11 is 0. The van der Waals surface area contributed by atoms with Gasteiger partial charge in [-0.1, -0.05) is 12.1 Å². The van der Waals surface area contributed by atoms with Crippen LogP contribution in [-0.4, -0.2) is 67.1 Å². The maximum absolute atomic E-state index is 12.8. The van der Waals surface area contributed by atoms with Crippen molar-refractivity contribution in [2.75, 3.05) is 26.2 Å². The third-order valence-corrected chi connectivity index (χ3v) is 6.09. The van der Waals surface area contributed by atoms with Crippen molar-refractivity contribution in [3.63, 3.8) is 0 Å². The molecule has 0 atom stereocenters. The molecule has 0 saturated carbocycles. The van der Waals surface area contributed by atoms with Crippen LogP contribution in [0.25, 0.3) is 10.9 Å². The Labute approximate surface area is 178 Å². The minimum Gasteiger partial charge on any atom is -0.338 e. The zero-order chi connectivity index (χ0) is 21.4. The molecule has 2 aliphatic heterocycles. The van der Waals surface area contributed by atoms with E-state index in [1.165, 1.54) is 10.9 Å². The molecule has 1 fully saturated rings. The van der Waals surface area contributed by atoms with Crippen molar-refractivity contribution < 1.29 is 9.59 Å². The molecule has 0 spiro atoms. The highest BCUT2D eigenvalue weighted by molar-refractivity contribution is 5.92. The highest BCUT2D eigenvalue weighted by Crippen LogP contribution is 2.17. The van der Waals surface area contributed by atoms with E-state index in [0.717, 1.165) is 31.5 Å². The van der Waals surface area contributed by atoms with E-state index in [1.807, 2.05) is 16.8 Å². The number of rotatable bonds is 3. The molecule has 1 saturated heterocycles. The lowest BCUT2D eigenvalue weighted by Crippen LogP contribution is -2.51. The topological polar surface area (TPSA) is 93.3 Å². The van der Waals surface area contributed by atoms with Crippen LogP contribution in [-0.2, 0) is 24.3 Å². The van der Waals surface area contributed by atoms with Crippen molar-refractivity contribution in [3.8, 4) is 0 Å². The van der Waals surface area contributed by atoms with Gasteiger partial charge in [-0.15, -0.1) is 0 Å². The standard InChI is InChI=1S/C22H24N6O3/c29-20(14-27-15-23-18-7-2-1-6-17(18)21(27)30)25-9-11-26(12-10-25)22(31)19-13-16-5-3-4-8-28(16)24-19/h1-2,6-7,13,15H,3-5,8-12,14H2. The summed E-state index contributed by atoms with van der Waals surface area (Å²) in [6.07, 6.45) is 4.61. The summed E-state index contributed by atoms with van der Waals surface area (Å²) in [5.74, 6) is -0.229. The summed E-state index contributed by atoms with van der Waals surface area (Å²) in [5, 5.41) is 4.97. The molecule has 31 heavy (non-hydrogen) atoms. The first-order valence-corrected chi connectivity index (χ1v) is 10.7. The molecule has 0 N–H and O–H groups in total. The number of hydrogen-bond donors (Lipinski definition) is 0. The second-order valence-electron chi connectivity index (χ2n) is 8.07. The molecule has 0 bridgehead atoms. The number of carbonyl (C=O) groups excluding carboxylic acids is 2. The Hall–Kier alpha value is -3.49. The average Bonchev–Trinajstić information content (AvgIpc) is 3.25. The molecule has 0 aliphatic carbocycles. The van der Waals surface area contributed by atoms with Gasteiger partial charge in [0.05, 0.1) is 17.2 Å². The molecule has 0 radical (unpaired) electrons. The molecule has 3 aromatic rings. The number of aromatic nitrogens is 4. The first-order valence-electron chi connectivity index (χ1n) is 10.7. The molecule has 9 nitrogen and oxygen atoms in total. The fourth-order valence-corrected chi connectivity index (χ4v) is 4.31. The van der Waals surface area contributed by atoms with Crippen molar-refractivity contribution in [1.29, 1.82) is 0 Å². The van der Waals surface area contributed by atoms with Gasteiger partial charge in [-0.3, -0.25) is 23.6 Å². The molecule has 160 valence electrons. The van der Waals surface area contributed by atoms with Gasteiger partial charge >= 0.3 is 0 Å². The Morgan fingerprint density at radius 2 is 1.74 bits per heavy atom. The first-order chi connectivity index (χ1) is 15.1. The number of nitrogens with zero attached hydrogens (tertiary/aromatic N) is 6. The smallest absolute Gasteiger partial charge is 0.274 e. The monoisotopic (exact) mass is 420 g/mol. The molecule has 5 rings (SSSR count). The van der Waals surface area contributed by atoms with E-state index >= 15 is 0 Å². The number of piperazine rings is 1. The zero-order valence-corrected chi connectivity index (χ0v) is 17.2. The SMILES string of the molecule is O=C(Cn1cnc2ccccc2c1=O)N1CCN(C(=O)c2cc3n(n2)CCCC3)CC1. The largest absolute Gasteiger partial charge is 0.338 e. The molecule has 9 heteroatoms. The molecular weight excluding hydrogens is 396 g/mol. The average molecular weight is 420 g/mol. The lowest BCUT2D eigenvalue weighted by atomic mass is 10.1. The predicted octanol–water partition coefficient (Wildman–Crippen LogP) is 0.914. The van der Waals surface area contributed by atoms with Gasteiger partial charge in [0.2, 0.25) is 5.91 Å². The second kappa shape index (κ2) is 7.98. The maximum atomic E-state index is 12.8. The van der Waals surface area contributed by atoms with Crippen LogP contribution in [0.2, 0.25) is 0 Å².